The predicted octanol–water partition coefficient (Wildman–Crippen LogP) is 4.10. The van der Waals surface area contributed by atoms with Crippen molar-refractivity contribution in [1.29, 1.82) is 0 Å². The van der Waals surface area contributed by atoms with E-state index in [1.807, 2.05) is 12.3 Å². The van der Waals surface area contributed by atoms with Crippen molar-refractivity contribution in [2.45, 2.75) is 45.1 Å². The molecule has 1 aliphatic rings. The molecule has 3 heteroatoms. The molecule has 0 bridgehead atoms. The molecule has 3 nitrogen and oxygen atoms in total. The average Bonchev–Trinajstić information content (AvgIpc) is 3.19. The second kappa shape index (κ2) is 6.02. The Balaban J connectivity index is 2.01. The molecule has 0 saturated heterocycles. The van der Waals surface area contributed by atoms with Gasteiger partial charge < -0.3 is 5.32 Å². The Bertz CT molecular complexity index is 567. The van der Waals surface area contributed by atoms with Crippen LogP contribution in [0.25, 0.3) is 5.69 Å². The SMILES string of the molecule is CCC1(C(NC)c2ccnn2-c2ccccc2)CCCC1. The molecule has 1 atom stereocenters. The Morgan fingerprint density at radius 2 is 1.90 bits per heavy atom. The maximum atomic E-state index is 4.57. The summed E-state index contributed by atoms with van der Waals surface area (Å²) in [5.74, 6) is 0. The molecule has 1 fully saturated rings. The van der Waals surface area contributed by atoms with E-state index < -0.39 is 0 Å². The van der Waals surface area contributed by atoms with Crippen molar-refractivity contribution in [3.63, 3.8) is 0 Å². The second-order valence-corrected chi connectivity index (χ2v) is 6.15. The highest BCUT2D eigenvalue weighted by Crippen LogP contribution is 2.50. The van der Waals surface area contributed by atoms with E-state index in [-0.39, 0.29) is 0 Å². The third kappa shape index (κ3) is 2.51. The van der Waals surface area contributed by atoms with Crippen LogP contribution >= 0.6 is 0 Å². The van der Waals surface area contributed by atoms with Crippen molar-refractivity contribution in [1.82, 2.24) is 15.1 Å². The predicted molar refractivity (Wildman–Crippen MR) is 86.6 cm³/mol. The number of nitrogens with one attached hydrogen (secondary N) is 1. The molecule has 2 aromatic rings. The fourth-order valence-electron chi connectivity index (χ4n) is 4.01. The highest BCUT2D eigenvalue weighted by Gasteiger charge is 2.41. The zero-order valence-electron chi connectivity index (χ0n) is 13.0. The van der Waals surface area contributed by atoms with E-state index in [1.54, 1.807) is 0 Å². The zero-order valence-corrected chi connectivity index (χ0v) is 13.0. The monoisotopic (exact) mass is 283 g/mol. The highest BCUT2D eigenvalue weighted by molar-refractivity contribution is 5.33. The Morgan fingerprint density at radius 1 is 1.19 bits per heavy atom. The quantitative estimate of drug-likeness (QED) is 0.895. The molecule has 0 amide bonds. The molecule has 0 radical (unpaired) electrons. The Morgan fingerprint density at radius 3 is 2.52 bits per heavy atom. The molecule has 1 unspecified atom stereocenters. The van der Waals surface area contributed by atoms with E-state index >= 15 is 0 Å². The largest absolute Gasteiger partial charge is 0.311 e. The standard InChI is InChI=1S/C18H25N3/c1-3-18(12-7-8-13-18)17(19-2)16-11-14-20-21(16)15-9-5-4-6-10-15/h4-6,9-11,14,17,19H,3,7-8,12-13H2,1-2H3. The van der Waals surface area contributed by atoms with Crippen molar-refractivity contribution in [2.75, 3.05) is 7.05 Å². The summed E-state index contributed by atoms with van der Waals surface area (Å²) in [6, 6.07) is 13.0. The number of hydrogen-bond acceptors (Lipinski definition) is 2. The van der Waals surface area contributed by atoms with E-state index in [4.69, 9.17) is 0 Å². The minimum Gasteiger partial charge on any atom is -0.311 e. The minimum absolute atomic E-state index is 0.368. The van der Waals surface area contributed by atoms with Gasteiger partial charge in [-0.25, -0.2) is 4.68 Å². The van der Waals surface area contributed by atoms with Crippen LogP contribution in [-0.2, 0) is 0 Å². The van der Waals surface area contributed by atoms with Crippen molar-refractivity contribution in [2.24, 2.45) is 5.41 Å². The molecule has 1 aromatic heterocycles. The van der Waals surface area contributed by atoms with E-state index in [9.17, 15) is 0 Å². The molecule has 1 aromatic carbocycles. The summed E-state index contributed by atoms with van der Waals surface area (Å²) in [6.07, 6.45) is 8.48. The summed E-state index contributed by atoms with van der Waals surface area (Å²) in [5, 5.41) is 8.16. The van der Waals surface area contributed by atoms with Crippen LogP contribution < -0.4 is 5.32 Å². The van der Waals surface area contributed by atoms with Gasteiger partial charge in [0.05, 0.1) is 17.4 Å². The molecule has 21 heavy (non-hydrogen) atoms. The van der Waals surface area contributed by atoms with Crippen LogP contribution in [0.3, 0.4) is 0 Å². The minimum atomic E-state index is 0.368. The molecule has 1 N–H and O–H groups in total. The van der Waals surface area contributed by atoms with E-state index in [1.165, 1.54) is 37.8 Å². The van der Waals surface area contributed by atoms with Crippen molar-refractivity contribution in [3.8, 4) is 5.69 Å². The van der Waals surface area contributed by atoms with E-state index in [0.717, 1.165) is 5.69 Å². The van der Waals surface area contributed by atoms with Crippen molar-refractivity contribution >= 4 is 0 Å². The normalized spacial score (nSPS) is 18.8. The van der Waals surface area contributed by atoms with Gasteiger partial charge in [-0.15, -0.1) is 0 Å². The first-order valence-electron chi connectivity index (χ1n) is 8.07. The lowest BCUT2D eigenvalue weighted by molar-refractivity contribution is 0.189. The Hall–Kier alpha value is -1.61. The topological polar surface area (TPSA) is 29.9 Å². The second-order valence-electron chi connectivity index (χ2n) is 6.15. The summed E-state index contributed by atoms with van der Waals surface area (Å²) in [6.45, 7) is 2.33. The molecular weight excluding hydrogens is 258 g/mol. The van der Waals surface area contributed by atoms with Crippen LogP contribution in [0.15, 0.2) is 42.6 Å². The zero-order chi connectivity index (χ0) is 14.7. The van der Waals surface area contributed by atoms with Crippen LogP contribution in [-0.4, -0.2) is 16.8 Å². The van der Waals surface area contributed by atoms with Crippen LogP contribution in [0.2, 0.25) is 0 Å². The summed E-state index contributed by atoms with van der Waals surface area (Å²) >= 11 is 0. The first kappa shape index (κ1) is 14.3. The third-order valence-corrected chi connectivity index (χ3v) is 5.17. The highest BCUT2D eigenvalue weighted by atomic mass is 15.3. The summed E-state index contributed by atoms with van der Waals surface area (Å²) in [4.78, 5) is 0. The van der Waals surface area contributed by atoms with Crippen molar-refractivity contribution < 1.29 is 0 Å². The van der Waals surface area contributed by atoms with Gasteiger partial charge in [-0.2, -0.15) is 5.10 Å². The summed E-state index contributed by atoms with van der Waals surface area (Å²) < 4.78 is 2.09. The number of rotatable bonds is 5. The van der Waals surface area contributed by atoms with Gasteiger partial charge in [0.25, 0.3) is 0 Å². The number of hydrogen-bond donors (Lipinski definition) is 1. The average molecular weight is 283 g/mol. The molecule has 1 aliphatic carbocycles. The van der Waals surface area contributed by atoms with E-state index in [2.05, 4.69) is 59.4 Å². The van der Waals surface area contributed by atoms with E-state index in [0.29, 0.717) is 11.5 Å². The van der Waals surface area contributed by atoms with Gasteiger partial charge in [0.15, 0.2) is 0 Å². The van der Waals surface area contributed by atoms with Gasteiger partial charge in [-0.3, -0.25) is 0 Å². The van der Waals surface area contributed by atoms with Crippen molar-refractivity contribution in [3.05, 3.63) is 48.3 Å². The van der Waals surface area contributed by atoms with Gasteiger partial charge in [0.1, 0.15) is 0 Å². The molecule has 0 spiro atoms. The lowest BCUT2D eigenvalue weighted by Gasteiger charge is -2.37. The smallest absolute Gasteiger partial charge is 0.0649 e. The maximum Gasteiger partial charge on any atom is 0.0649 e. The Kier molecular flexibility index (Phi) is 4.11. The molecule has 3 rings (SSSR count). The first-order chi connectivity index (χ1) is 10.3. The molecule has 1 saturated carbocycles. The molecular formula is C18H25N3. The van der Waals surface area contributed by atoms with Gasteiger partial charge in [0.2, 0.25) is 0 Å². The van der Waals surface area contributed by atoms with Crippen LogP contribution in [0.5, 0.6) is 0 Å². The summed E-state index contributed by atoms with van der Waals surface area (Å²) in [5.41, 5.74) is 2.80. The summed E-state index contributed by atoms with van der Waals surface area (Å²) in [7, 11) is 2.09. The number of nitrogens with zero attached hydrogens (tertiary/aromatic N) is 2. The lowest BCUT2D eigenvalue weighted by atomic mass is 9.75. The third-order valence-electron chi connectivity index (χ3n) is 5.17. The number of benzene rings is 1. The molecule has 112 valence electrons. The maximum absolute atomic E-state index is 4.57. The number of para-hydroxylation sites is 1. The lowest BCUT2D eigenvalue weighted by Crippen LogP contribution is -2.35. The Labute approximate surface area is 127 Å². The van der Waals surface area contributed by atoms with Gasteiger partial charge >= 0.3 is 0 Å². The van der Waals surface area contributed by atoms with Crippen LogP contribution in [0, 0.1) is 5.41 Å². The molecule has 0 aliphatic heterocycles. The van der Waals surface area contributed by atoms with Gasteiger partial charge in [-0.05, 0) is 49.9 Å². The van der Waals surface area contributed by atoms with Gasteiger partial charge in [0, 0.05) is 6.20 Å². The fraction of sp³-hybridized carbons (Fsp3) is 0.500. The van der Waals surface area contributed by atoms with Crippen LogP contribution in [0.1, 0.15) is 50.8 Å². The van der Waals surface area contributed by atoms with Gasteiger partial charge in [-0.1, -0.05) is 38.0 Å². The molecule has 1 heterocycles. The fourth-order valence-corrected chi connectivity index (χ4v) is 4.01. The van der Waals surface area contributed by atoms with Crippen LogP contribution in [0.4, 0.5) is 0 Å². The number of aromatic nitrogens is 2. The first-order valence-corrected chi connectivity index (χ1v) is 8.07.